The van der Waals surface area contributed by atoms with E-state index in [-0.39, 0.29) is 0 Å². The van der Waals surface area contributed by atoms with Crippen LogP contribution in [-0.4, -0.2) is 41.3 Å². The molecule has 1 aliphatic heterocycles. The van der Waals surface area contributed by atoms with Gasteiger partial charge in [-0.3, -0.25) is 9.89 Å². The Morgan fingerprint density at radius 2 is 1.85 bits per heavy atom. The Bertz CT molecular complexity index is 714. The van der Waals surface area contributed by atoms with Crippen LogP contribution in [0.4, 0.5) is 11.5 Å². The number of piperidine rings is 1. The second kappa shape index (κ2) is 8.95. The van der Waals surface area contributed by atoms with Crippen LogP contribution in [0.15, 0.2) is 53.7 Å². The normalized spacial score (nSPS) is 15.7. The van der Waals surface area contributed by atoms with E-state index < -0.39 is 0 Å². The summed E-state index contributed by atoms with van der Waals surface area (Å²) in [5, 5.41) is 0. The first-order valence-electron chi connectivity index (χ1n) is 9.67. The quantitative estimate of drug-likeness (QED) is 0.709. The molecule has 0 radical (unpaired) electrons. The number of aliphatic imine (C=N–C) groups is 1. The minimum Gasteiger partial charge on any atom is -0.352 e. The molecule has 0 saturated carbocycles. The van der Waals surface area contributed by atoms with E-state index in [9.17, 15) is 0 Å². The van der Waals surface area contributed by atoms with Gasteiger partial charge < -0.3 is 4.90 Å². The lowest BCUT2D eigenvalue weighted by atomic mass is 10.0. The maximum absolute atomic E-state index is 4.70. The molecule has 0 unspecified atom stereocenters. The van der Waals surface area contributed by atoms with Crippen LogP contribution >= 0.6 is 0 Å². The van der Waals surface area contributed by atoms with E-state index in [0.29, 0.717) is 6.04 Å². The van der Waals surface area contributed by atoms with Gasteiger partial charge in [0.1, 0.15) is 5.69 Å². The number of hydrogen-bond donors (Lipinski definition) is 0. The van der Waals surface area contributed by atoms with E-state index in [1.165, 1.54) is 18.4 Å². The highest BCUT2D eigenvalue weighted by Gasteiger charge is 2.26. The molecule has 0 atom stereocenters. The molecule has 3 rings (SSSR count). The fraction of sp³-hybridized carbons (Fsp3) is 0.455. The monoisotopic (exact) mass is 350 g/mol. The summed E-state index contributed by atoms with van der Waals surface area (Å²) in [4.78, 5) is 14.4. The Kier molecular flexibility index (Phi) is 6.40. The van der Waals surface area contributed by atoms with Gasteiger partial charge in [-0.15, -0.1) is 0 Å². The van der Waals surface area contributed by atoms with Crippen LogP contribution in [0.25, 0.3) is 0 Å². The van der Waals surface area contributed by atoms with E-state index >= 15 is 0 Å². The van der Waals surface area contributed by atoms with Crippen molar-refractivity contribution in [2.24, 2.45) is 4.99 Å². The zero-order chi connectivity index (χ0) is 18.4. The van der Waals surface area contributed by atoms with Gasteiger partial charge in [0, 0.05) is 44.1 Å². The lowest BCUT2D eigenvalue weighted by Crippen LogP contribution is -2.45. The van der Waals surface area contributed by atoms with Crippen molar-refractivity contribution in [2.45, 2.75) is 46.2 Å². The van der Waals surface area contributed by atoms with E-state index in [1.807, 2.05) is 26.1 Å². The third kappa shape index (κ3) is 4.70. The fourth-order valence-electron chi connectivity index (χ4n) is 3.75. The van der Waals surface area contributed by atoms with Crippen LogP contribution < -0.4 is 4.90 Å². The van der Waals surface area contributed by atoms with Crippen LogP contribution in [0.5, 0.6) is 0 Å². The van der Waals surface area contributed by atoms with Gasteiger partial charge in [0.05, 0.1) is 0 Å². The Hall–Kier alpha value is -2.20. The minimum absolute atomic E-state index is 0.535. The number of benzene rings is 1. The summed E-state index contributed by atoms with van der Waals surface area (Å²) in [5.41, 5.74) is 3.45. The molecule has 0 bridgehead atoms. The van der Waals surface area contributed by atoms with Crippen LogP contribution in [0.2, 0.25) is 0 Å². The van der Waals surface area contributed by atoms with Crippen molar-refractivity contribution in [3.8, 4) is 0 Å². The maximum Gasteiger partial charge on any atom is 0.154 e. The highest BCUT2D eigenvalue weighted by Crippen LogP contribution is 2.30. The number of nitrogens with zero attached hydrogens (tertiary/aromatic N) is 4. The van der Waals surface area contributed by atoms with Crippen molar-refractivity contribution >= 4 is 17.2 Å². The molecule has 0 aliphatic carbocycles. The topological polar surface area (TPSA) is 31.7 Å². The highest BCUT2D eigenvalue weighted by atomic mass is 15.2. The van der Waals surface area contributed by atoms with Crippen molar-refractivity contribution in [2.75, 3.05) is 24.5 Å². The fourth-order valence-corrected chi connectivity index (χ4v) is 3.75. The first-order chi connectivity index (χ1) is 12.7. The van der Waals surface area contributed by atoms with Crippen molar-refractivity contribution < 1.29 is 0 Å². The standard InChI is InChI=1S/C22H30N4/c1-4-26(22-21(24-18(2)3)11-8-14-23-22)20-12-15-25(16-13-20)17-19-9-6-5-7-10-19/h5-11,14,20H,4,12-13,15-17H2,1-3H3. The second-order valence-corrected chi connectivity index (χ2v) is 7.18. The number of aromatic nitrogens is 1. The molecule has 4 heteroatoms. The third-order valence-electron chi connectivity index (χ3n) is 4.97. The van der Waals surface area contributed by atoms with Crippen molar-refractivity contribution in [1.29, 1.82) is 0 Å². The third-order valence-corrected chi connectivity index (χ3v) is 4.97. The molecule has 1 fully saturated rings. The molecule has 26 heavy (non-hydrogen) atoms. The maximum atomic E-state index is 4.70. The SMILES string of the molecule is CCN(c1ncccc1N=C(C)C)C1CCN(Cc2ccccc2)CC1. The number of anilines is 1. The Morgan fingerprint density at radius 1 is 1.12 bits per heavy atom. The predicted octanol–water partition coefficient (Wildman–Crippen LogP) is 4.68. The van der Waals surface area contributed by atoms with Gasteiger partial charge in [0.25, 0.3) is 0 Å². The van der Waals surface area contributed by atoms with Crippen LogP contribution in [0.1, 0.15) is 39.2 Å². The number of hydrogen-bond acceptors (Lipinski definition) is 4. The van der Waals surface area contributed by atoms with Gasteiger partial charge in [-0.2, -0.15) is 0 Å². The molecule has 2 heterocycles. The smallest absolute Gasteiger partial charge is 0.154 e. The molecule has 0 spiro atoms. The van der Waals surface area contributed by atoms with Crippen LogP contribution in [-0.2, 0) is 6.54 Å². The van der Waals surface area contributed by atoms with Gasteiger partial charge in [-0.1, -0.05) is 30.3 Å². The average Bonchev–Trinajstić information content (AvgIpc) is 2.65. The van der Waals surface area contributed by atoms with E-state index in [4.69, 9.17) is 4.99 Å². The predicted molar refractivity (Wildman–Crippen MR) is 110 cm³/mol. The molecule has 1 aromatic carbocycles. The molecule has 2 aromatic rings. The van der Waals surface area contributed by atoms with E-state index in [1.54, 1.807) is 0 Å². The summed E-state index contributed by atoms with van der Waals surface area (Å²) < 4.78 is 0. The van der Waals surface area contributed by atoms with Crippen molar-refractivity contribution in [3.63, 3.8) is 0 Å². The summed E-state index contributed by atoms with van der Waals surface area (Å²) in [5.74, 6) is 1.03. The lowest BCUT2D eigenvalue weighted by Gasteiger charge is -2.39. The van der Waals surface area contributed by atoms with Gasteiger partial charge >= 0.3 is 0 Å². The summed E-state index contributed by atoms with van der Waals surface area (Å²) in [7, 11) is 0. The molecule has 1 saturated heterocycles. The molecule has 0 N–H and O–H groups in total. The van der Waals surface area contributed by atoms with Gasteiger partial charge in [0.15, 0.2) is 5.82 Å². The zero-order valence-corrected chi connectivity index (χ0v) is 16.2. The van der Waals surface area contributed by atoms with E-state index in [2.05, 4.69) is 58.1 Å². The molecule has 1 aliphatic rings. The van der Waals surface area contributed by atoms with Crippen molar-refractivity contribution in [3.05, 3.63) is 54.2 Å². The van der Waals surface area contributed by atoms with Crippen LogP contribution in [0, 0.1) is 0 Å². The number of pyridine rings is 1. The molecular formula is C22H30N4. The molecule has 1 aromatic heterocycles. The van der Waals surface area contributed by atoms with Crippen molar-refractivity contribution in [1.82, 2.24) is 9.88 Å². The molecule has 0 amide bonds. The first kappa shape index (κ1) is 18.6. The Balaban J connectivity index is 1.67. The van der Waals surface area contributed by atoms with Gasteiger partial charge in [-0.25, -0.2) is 4.98 Å². The number of rotatable bonds is 6. The molecule has 4 nitrogen and oxygen atoms in total. The molecule has 138 valence electrons. The Labute approximate surface area is 157 Å². The lowest BCUT2D eigenvalue weighted by molar-refractivity contribution is 0.201. The second-order valence-electron chi connectivity index (χ2n) is 7.18. The largest absolute Gasteiger partial charge is 0.352 e. The number of likely N-dealkylation sites (tertiary alicyclic amines) is 1. The summed E-state index contributed by atoms with van der Waals surface area (Å²) in [6.45, 7) is 10.6. The van der Waals surface area contributed by atoms with Gasteiger partial charge in [0.2, 0.25) is 0 Å². The summed E-state index contributed by atoms with van der Waals surface area (Å²) >= 11 is 0. The highest BCUT2D eigenvalue weighted by molar-refractivity contribution is 5.84. The molecular weight excluding hydrogens is 320 g/mol. The zero-order valence-electron chi connectivity index (χ0n) is 16.2. The van der Waals surface area contributed by atoms with E-state index in [0.717, 1.165) is 43.4 Å². The average molecular weight is 351 g/mol. The summed E-state index contributed by atoms with van der Waals surface area (Å²) in [6, 6.07) is 15.3. The van der Waals surface area contributed by atoms with Gasteiger partial charge in [-0.05, 0) is 51.3 Å². The minimum atomic E-state index is 0.535. The Morgan fingerprint density at radius 3 is 2.50 bits per heavy atom. The first-order valence-corrected chi connectivity index (χ1v) is 9.67. The summed E-state index contributed by atoms with van der Waals surface area (Å²) in [6.07, 6.45) is 4.23. The van der Waals surface area contributed by atoms with Crippen LogP contribution in [0.3, 0.4) is 0 Å².